The molecule has 4 atom stereocenters. The maximum Gasteiger partial charge on any atom is 0.325 e. The lowest BCUT2D eigenvalue weighted by molar-refractivity contribution is -0.141. The quantitative estimate of drug-likeness (QED) is 0.661. The van der Waals surface area contributed by atoms with Crippen molar-refractivity contribution in [2.24, 2.45) is 5.92 Å². The summed E-state index contributed by atoms with van der Waals surface area (Å²) in [5.41, 5.74) is 0. The van der Waals surface area contributed by atoms with Crippen molar-refractivity contribution < 1.29 is 19.2 Å². The van der Waals surface area contributed by atoms with Gasteiger partial charge in [0.25, 0.3) is 0 Å². The van der Waals surface area contributed by atoms with Crippen LogP contribution in [0.15, 0.2) is 0 Å². The molecule has 5 nitrogen and oxygen atoms in total. The van der Waals surface area contributed by atoms with Gasteiger partial charge in [0.05, 0.1) is 15.4 Å². The number of carboxylic acids is 1. The van der Waals surface area contributed by atoms with E-state index in [0.717, 1.165) is 0 Å². The van der Waals surface area contributed by atoms with E-state index in [1.54, 1.807) is 4.67 Å². The Morgan fingerprint density at radius 1 is 1.54 bits per heavy atom. The van der Waals surface area contributed by atoms with Gasteiger partial charge in [0, 0.05) is 6.54 Å². The molecule has 1 N–H and O–H groups in total. The molecule has 0 radical (unpaired) electrons. The van der Waals surface area contributed by atoms with E-state index in [1.807, 2.05) is 9.47 Å². The van der Waals surface area contributed by atoms with Gasteiger partial charge in [-0.05, 0) is 6.42 Å². The second-order valence-electron chi connectivity index (χ2n) is 2.92. The van der Waals surface area contributed by atoms with Crippen LogP contribution in [0.1, 0.15) is 6.42 Å². The second kappa shape index (κ2) is 4.32. The summed E-state index contributed by atoms with van der Waals surface area (Å²) in [6.07, 6.45) is 0.312. The minimum atomic E-state index is -0.869. The fourth-order valence-corrected chi connectivity index (χ4v) is 2.01. The average Bonchev–Trinajstić information content (AvgIpc) is 2.46. The summed E-state index contributed by atoms with van der Waals surface area (Å²) in [7, 11) is 4.21. The van der Waals surface area contributed by atoms with Gasteiger partial charge in [0.2, 0.25) is 0 Å². The van der Waals surface area contributed by atoms with Crippen LogP contribution in [0.4, 0.5) is 0 Å². The predicted molar refractivity (Wildman–Crippen MR) is 51.7 cm³/mol. The van der Waals surface area contributed by atoms with Crippen LogP contribution in [0.3, 0.4) is 0 Å². The summed E-state index contributed by atoms with van der Waals surface area (Å²) >= 11 is 0. The highest BCUT2D eigenvalue weighted by molar-refractivity contribution is 7.13. The number of aliphatic carboxylic acids is 1. The summed E-state index contributed by atoms with van der Waals surface area (Å²) in [4.78, 5) is 21.7. The minimum absolute atomic E-state index is 0.312. The lowest BCUT2D eigenvalue weighted by atomic mass is 10.1. The normalized spacial score (nSPS) is 28.8. The Balaban J connectivity index is 2.61. The largest absolute Gasteiger partial charge is 0.481 e. The molecule has 1 aliphatic rings. The highest BCUT2D eigenvalue weighted by Crippen LogP contribution is 2.27. The van der Waals surface area contributed by atoms with Crippen LogP contribution in [0.5, 0.6) is 0 Å². The number of hydrogen-bond donors (Lipinski definition) is 1. The number of carbonyl (C=O) groups excluding carboxylic acids is 1. The van der Waals surface area contributed by atoms with Crippen LogP contribution in [0.25, 0.3) is 0 Å². The fraction of sp³-hybridized carbons (Fsp3) is 0.667. The number of carboxylic acid groups (broad SMARTS) is 1. The van der Waals surface area contributed by atoms with Crippen molar-refractivity contribution in [3.63, 3.8) is 0 Å². The Morgan fingerprint density at radius 2 is 2.15 bits per heavy atom. The average molecular weight is 223 g/mol. The van der Waals surface area contributed by atoms with Crippen molar-refractivity contribution >= 4 is 30.8 Å². The lowest BCUT2D eigenvalue weighted by Gasteiger charge is -2.15. The maximum absolute atomic E-state index is 11.1. The molecule has 0 bridgehead atoms. The summed E-state index contributed by atoms with van der Waals surface area (Å²) in [6, 6.07) is -0.455. The first kappa shape index (κ1) is 10.8. The van der Waals surface area contributed by atoms with Crippen molar-refractivity contribution in [3.8, 4) is 0 Å². The molecule has 74 valence electrons. The number of rotatable bonds is 2. The van der Waals surface area contributed by atoms with Crippen LogP contribution in [-0.4, -0.2) is 34.3 Å². The van der Waals surface area contributed by atoms with Gasteiger partial charge in [0.15, 0.2) is 0 Å². The minimum Gasteiger partial charge on any atom is -0.481 e. The van der Waals surface area contributed by atoms with Crippen molar-refractivity contribution in [1.82, 2.24) is 4.67 Å². The van der Waals surface area contributed by atoms with Crippen LogP contribution in [0.2, 0.25) is 0 Å². The topological polar surface area (TPSA) is 66.8 Å². The molecule has 0 aromatic heterocycles. The van der Waals surface area contributed by atoms with E-state index < -0.39 is 23.9 Å². The number of carbonyl (C=O) groups is 2. The first-order chi connectivity index (χ1) is 6.06. The van der Waals surface area contributed by atoms with Crippen LogP contribution in [0, 0.1) is 5.92 Å². The molecular formula is C6H11NO4P2. The van der Waals surface area contributed by atoms with Crippen molar-refractivity contribution in [1.29, 1.82) is 0 Å². The van der Waals surface area contributed by atoms with E-state index in [9.17, 15) is 9.59 Å². The summed E-state index contributed by atoms with van der Waals surface area (Å²) in [6.45, 7) is 0.366. The van der Waals surface area contributed by atoms with Gasteiger partial charge in [-0.3, -0.25) is 14.3 Å². The molecule has 0 aromatic carbocycles. The summed E-state index contributed by atoms with van der Waals surface area (Å²) in [5, 5.41) is 8.71. The van der Waals surface area contributed by atoms with Crippen molar-refractivity contribution in [3.05, 3.63) is 0 Å². The molecule has 0 amide bonds. The fourth-order valence-electron chi connectivity index (χ4n) is 1.35. The van der Waals surface area contributed by atoms with E-state index in [2.05, 4.69) is 13.9 Å². The molecule has 1 fully saturated rings. The molecule has 7 heteroatoms. The maximum atomic E-state index is 11.1. The number of nitrogens with zero attached hydrogens (tertiary/aromatic N) is 1. The molecule has 0 saturated carbocycles. The molecule has 1 aliphatic heterocycles. The zero-order valence-electron chi connectivity index (χ0n) is 6.84. The van der Waals surface area contributed by atoms with E-state index in [4.69, 9.17) is 5.11 Å². The standard InChI is InChI=1S/C6H11NO4P2/c8-5(9)3-1-4(6(10)11-13)7(12)2-3/h3-4H,1-2,12-13H2,(H,8,9)/t3-,4-/m0/s1. The molecule has 1 heterocycles. The third-order valence-corrected chi connectivity index (χ3v) is 2.88. The van der Waals surface area contributed by atoms with E-state index in [0.29, 0.717) is 13.0 Å². The third kappa shape index (κ3) is 2.37. The molecule has 1 rings (SSSR count). The van der Waals surface area contributed by atoms with Gasteiger partial charge in [-0.2, -0.15) is 0 Å². The summed E-state index contributed by atoms with van der Waals surface area (Å²) in [5.74, 6) is -1.76. The van der Waals surface area contributed by atoms with E-state index in [-0.39, 0.29) is 0 Å². The molecule has 0 aromatic rings. The Labute approximate surface area is 80.4 Å². The van der Waals surface area contributed by atoms with Crippen molar-refractivity contribution in [2.75, 3.05) is 6.54 Å². The highest BCUT2D eigenvalue weighted by Gasteiger charge is 2.38. The van der Waals surface area contributed by atoms with Gasteiger partial charge in [-0.15, -0.1) is 0 Å². The van der Waals surface area contributed by atoms with Crippen LogP contribution in [-0.2, 0) is 14.1 Å². The SMILES string of the molecule is O=C(O)[C@H]1C[C@@H](C(=O)OP)N(P)C1. The first-order valence-corrected chi connectivity index (χ1v) is 4.69. The van der Waals surface area contributed by atoms with Gasteiger partial charge < -0.3 is 9.63 Å². The van der Waals surface area contributed by atoms with Gasteiger partial charge >= 0.3 is 11.9 Å². The Bertz CT molecular complexity index is 235. The monoisotopic (exact) mass is 223 g/mol. The summed E-state index contributed by atoms with van der Waals surface area (Å²) < 4.78 is 6.08. The lowest BCUT2D eigenvalue weighted by Crippen LogP contribution is -2.28. The molecule has 0 aliphatic carbocycles. The van der Waals surface area contributed by atoms with Crippen LogP contribution >= 0.6 is 18.9 Å². The Hall–Kier alpha value is -0.240. The van der Waals surface area contributed by atoms with E-state index >= 15 is 0 Å². The Morgan fingerprint density at radius 3 is 2.54 bits per heavy atom. The zero-order valence-corrected chi connectivity index (χ0v) is 9.15. The second-order valence-corrected chi connectivity index (χ2v) is 3.82. The molecule has 0 spiro atoms. The van der Waals surface area contributed by atoms with Crippen LogP contribution < -0.4 is 0 Å². The molecule has 2 unspecified atom stereocenters. The van der Waals surface area contributed by atoms with Gasteiger partial charge in [-0.25, -0.2) is 0 Å². The first-order valence-electron chi connectivity index (χ1n) is 3.71. The molecule has 1 saturated heterocycles. The molecule has 13 heavy (non-hydrogen) atoms. The highest BCUT2D eigenvalue weighted by atomic mass is 31.0. The smallest absolute Gasteiger partial charge is 0.325 e. The Kier molecular flexibility index (Phi) is 3.60. The zero-order chi connectivity index (χ0) is 10.0. The number of hydrogen-bond acceptors (Lipinski definition) is 4. The van der Waals surface area contributed by atoms with Gasteiger partial charge in [0.1, 0.15) is 6.04 Å². The van der Waals surface area contributed by atoms with E-state index in [1.165, 1.54) is 0 Å². The van der Waals surface area contributed by atoms with Crippen molar-refractivity contribution in [2.45, 2.75) is 12.5 Å². The van der Waals surface area contributed by atoms with Gasteiger partial charge in [-0.1, -0.05) is 9.39 Å². The predicted octanol–water partition coefficient (Wildman–Crippen LogP) is -0.115. The molecular weight excluding hydrogens is 212 g/mol. The third-order valence-electron chi connectivity index (χ3n) is 2.08.